The van der Waals surface area contributed by atoms with Crippen LogP contribution in [0.15, 0.2) is 30.5 Å². The maximum atomic E-state index is 12.8. The van der Waals surface area contributed by atoms with Gasteiger partial charge in [-0.3, -0.25) is 9.59 Å². The normalized spacial score (nSPS) is 24.1. The topological polar surface area (TPSA) is 87.7 Å². The summed E-state index contributed by atoms with van der Waals surface area (Å²) in [6.07, 6.45) is 5.32. The molecule has 3 aliphatic heterocycles. The van der Waals surface area contributed by atoms with E-state index >= 15 is 0 Å². The van der Waals surface area contributed by atoms with E-state index in [1.807, 2.05) is 23.1 Å². The zero-order chi connectivity index (χ0) is 21.9. The number of likely N-dealkylation sites (tertiary alicyclic amines) is 1. The van der Waals surface area contributed by atoms with Gasteiger partial charge in [-0.15, -0.1) is 16.4 Å². The molecule has 2 atom stereocenters. The van der Waals surface area contributed by atoms with Crippen LogP contribution in [0, 0.1) is 5.92 Å². The molecule has 0 spiro atoms. The highest BCUT2D eigenvalue weighted by Crippen LogP contribution is 2.34. The standard InChI is InChI=1S/C23H29N5O3S/c29-22(25-18-7-12-28(14-18)21-2-1-9-24-26-21)20-4-3-19(32-20)16-5-10-27(11-6-16)23(30)17-8-13-31-15-17/h1-4,9,16-18H,5-8,10-15H2,(H,25,29)/t17?,18-/m0/s1. The number of ether oxygens (including phenoxy) is 1. The number of thiophene rings is 1. The van der Waals surface area contributed by atoms with E-state index in [1.165, 1.54) is 4.88 Å². The van der Waals surface area contributed by atoms with Crippen LogP contribution in [0.3, 0.4) is 0 Å². The fraction of sp³-hybridized carbons (Fsp3) is 0.565. The second-order valence-electron chi connectivity index (χ2n) is 8.85. The van der Waals surface area contributed by atoms with Gasteiger partial charge in [-0.2, -0.15) is 5.10 Å². The average molecular weight is 456 g/mol. The van der Waals surface area contributed by atoms with Gasteiger partial charge in [0.2, 0.25) is 5.91 Å². The molecule has 3 saturated heterocycles. The van der Waals surface area contributed by atoms with Crippen molar-refractivity contribution in [3.63, 3.8) is 0 Å². The van der Waals surface area contributed by atoms with Crippen molar-refractivity contribution < 1.29 is 14.3 Å². The lowest BCUT2D eigenvalue weighted by molar-refractivity contribution is -0.136. The van der Waals surface area contributed by atoms with Crippen molar-refractivity contribution in [2.24, 2.45) is 5.92 Å². The molecule has 3 aliphatic rings. The lowest BCUT2D eigenvalue weighted by Crippen LogP contribution is -2.41. The van der Waals surface area contributed by atoms with E-state index in [4.69, 9.17) is 4.74 Å². The SMILES string of the molecule is O=C(N[C@H]1CCN(c2cccnn2)C1)c1ccc(C2CCN(C(=O)C3CCOC3)CC2)s1. The Morgan fingerprint density at radius 3 is 2.72 bits per heavy atom. The first kappa shape index (κ1) is 21.3. The van der Waals surface area contributed by atoms with Crippen molar-refractivity contribution in [1.29, 1.82) is 0 Å². The number of aromatic nitrogens is 2. The van der Waals surface area contributed by atoms with Gasteiger partial charge in [0.1, 0.15) is 0 Å². The van der Waals surface area contributed by atoms with Crippen LogP contribution in [0.25, 0.3) is 0 Å². The number of carbonyl (C=O) groups is 2. The predicted molar refractivity (Wildman–Crippen MR) is 122 cm³/mol. The van der Waals surface area contributed by atoms with E-state index < -0.39 is 0 Å². The number of hydrogen-bond acceptors (Lipinski definition) is 7. The van der Waals surface area contributed by atoms with Crippen LogP contribution >= 0.6 is 11.3 Å². The maximum Gasteiger partial charge on any atom is 0.261 e. The smallest absolute Gasteiger partial charge is 0.261 e. The maximum absolute atomic E-state index is 12.8. The van der Waals surface area contributed by atoms with E-state index in [0.717, 1.165) is 62.6 Å². The van der Waals surface area contributed by atoms with E-state index in [0.29, 0.717) is 19.1 Å². The molecule has 170 valence electrons. The zero-order valence-corrected chi connectivity index (χ0v) is 18.9. The molecule has 2 aromatic rings. The fourth-order valence-electron chi connectivity index (χ4n) is 4.87. The molecule has 1 N–H and O–H groups in total. The molecule has 3 fully saturated rings. The number of piperidine rings is 1. The summed E-state index contributed by atoms with van der Waals surface area (Å²) in [5, 5.41) is 11.3. The molecule has 32 heavy (non-hydrogen) atoms. The van der Waals surface area contributed by atoms with Crippen LogP contribution in [-0.4, -0.2) is 72.3 Å². The molecule has 0 saturated carbocycles. The van der Waals surface area contributed by atoms with Crippen molar-refractivity contribution in [3.8, 4) is 0 Å². The Balaban J connectivity index is 1.12. The second kappa shape index (κ2) is 9.54. The monoisotopic (exact) mass is 455 g/mol. The largest absolute Gasteiger partial charge is 0.381 e. The van der Waals surface area contributed by atoms with Crippen LogP contribution < -0.4 is 10.2 Å². The lowest BCUT2D eigenvalue weighted by atomic mass is 9.94. The fourth-order valence-corrected chi connectivity index (χ4v) is 5.95. The Kier molecular flexibility index (Phi) is 6.36. The number of anilines is 1. The van der Waals surface area contributed by atoms with Gasteiger partial charge < -0.3 is 19.9 Å². The van der Waals surface area contributed by atoms with Crippen LogP contribution in [0.5, 0.6) is 0 Å². The summed E-state index contributed by atoms with van der Waals surface area (Å²) in [5.74, 6) is 1.57. The summed E-state index contributed by atoms with van der Waals surface area (Å²) in [7, 11) is 0. The van der Waals surface area contributed by atoms with Crippen LogP contribution in [0.2, 0.25) is 0 Å². The molecule has 0 aliphatic carbocycles. The number of nitrogens with zero attached hydrogens (tertiary/aromatic N) is 4. The Hall–Kier alpha value is -2.52. The number of rotatable bonds is 5. The third-order valence-electron chi connectivity index (χ3n) is 6.74. The first-order valence-corrected chi connectivity index (χ1v) is 12.3. The van der Waals surface area contributed by atoms with Crippen molar-refractivity contribution >= 4 is 29.0 Å². The molecule has 8 nitrogen and oxygen atoms in total. The van der Waals surface area contributed by atoms with Crippen LogP contribution in [0.1, 0.15) is 46.2 Å². The highest BCUT2D eigenvalue weighted by molar-refractivity contribution is 7.14. The lowest BCUT2D eigenvalue weighted by Gasteiger charge is -2.33. The van der Waals surface area contributed by atoms with Crippen molar-refractivity contribution in [1.82, 2.24) is 20.4 Å². The summed E-state index contributed by atoms with van der Waals surface area (Å²) >= 11 is 1.59. The summed E-state index contributed by atoms with van der Waals surface area (Å²) < 4.78 is 5.37. The number of amides is 2. The van der Waals surface area contributed by atoms with Gasteiger partial charge in [0, 0.05) is 49.9 Å². The number of hydrogen-bond donors (Lipinski definition) is 1. The Morgan fingerprint density at radius 2 is 1.97 bits per heavy atom. The molecule has 0 aromatic carbocycles. The van der Waals surface area contributed by atoms with Gasteiger partial charge in [0.15, 0.2) is 5.82 Å². The number of carbonyl (C=O) groups excluding carboxylic acids is 2. The zero-order valence-electron chi connectivity index (χ0n) is 18.1. The number of nitrogens with one attached hydrogen (secondary N) is 1. The molecule has 0 bridgehead atoms. The first-order valence-electron chi connectivity index (χ1n) is 11.5. The van der Waals surface area contributed by atoms with Gasteiger partial charge in [-0.05, 0) is 55.9 Å². The molecule has 2 amide bonds. The molecule has 9 heteroatoms. The van der Waals surface area contributed by atoms with E-state index in [-0.39, 0.29) is 23.8 Å². The second-order valence-corrected chi connectivity index (χ2v) is 9.96. The molecule has 0 radical (unpaired) electrons. The minimum absolute atomic E-state index is 0.00101. The summed E-state index contributed by atoms with van der Waals surface area (Å²) in [6.45, 7) is 4.47. The molecule has 5 heterocycles. The first-order chi connectivity index (χ1) is 15.7. The van der Waals surface area contributed by atoms with Gasteiger partial charge >= 0.3 is 0 Å². The third-order valence-corrected chi connectivity index (χ3v) is 7.99. The summed E-state index contributed by atoms with van der Waals surface area (Å²) in [6, 6.07) is 7.98. The van der Waals surface area contributed by atoms with Crippen molar-refractivity contribution in [3.05, 3.63) is 40.2 Å². The minimum Gasteiger partial charge on any atom is -0.381 e. The molecular formula is C23H29N5O3S. The van der Waals surface area contributed by atoms with Crippen LogP contribution in [0.4, 0.5) is 5.82 Å². The van der Waals surface area contributed by atoms with E-state index in [2.05, 4.69) is 26.5 Å². The highest BCUT2D eigenvalue weighted by Gasteiger charge is 2.32. The summed E-state index contributed by atoms with van der Waals surface area (Å²) in [5.41, 5.74) is 0. The van der Waals surface area contributed by atoms with E-state index in [1.54, 1.807) is 17.5 Å². The van der Waals surface area contributed by atoms with Gasteiger partial charge in [-0.25, -0.2) is 0 Å². The van der Waals surface area contributed by atoms with Crippen molar-refractivity contribution in [2.45, 2.75) is 37.6 Å². The van der Waals surface area contributed by atoms with Gasteiger partial charge in [0.25, 0.3) is 5.91 Å². The van der Waals surface area contributed by atoms with Gasteiger partial charge in [-0.1, -0.05) is 0 Å². The quantitative estimate of drug-likeness (QED) is 0.744. The predicted octanol–water partition coefficient (Wildman–Crippen LogP) is 2.29. The highest BCUT2D eigenvalue weighted by atomic mass is 32.1. The molecule has 1 unspecified atom stereocenters. The third kappa shape index (κ3) is 4.63. The summed E-state index contributed by atoms with van der Waals surface area (Å²) in [4.78, 5) is 31.6. The van der Waals surface area contributed by atoms with Gasteiger partial charge in [0.05, 0.1) is 17.4 Å². The Labute approximate surface area is 191 Å². The Morgan fingerprint density at radius 1 is 1.09 bits per heavy atom. The van der Waals surface area contributed by atoms with Crippen LogP contribution in [-0.2, 0) is 9.53 Å². The molecular weight excluding hydrogens is 426 g/mol. The average Bonchev–Trinajstić information content (AvgIpc) is 3.61. The van der Waals surface area contributed by atoms with Crippen molar-refractivity contribution in [2.75, 3.05) is 44.3 Å². The minimum atomic E-state index is 0.00101. The Bertz CT molecular complexity index is 938. The molecule has 2 aromatic heterocycles. The van der Waals surface area contributed by atoms with E-state index in [9.17, 15) is 9.59 Å². The molecule has 5 rings (SSSR count).